The first kappa shape index (κ1) is 21.2. The number of aryl methyl sites for hydroxylation is 1. The molecule has 1 aromatic carbocycles. The summed E-state index contributed by atoms with van der Waals surface area (Å²) in [6.45, 7) is 5.38. The summed E-state index contributed by atoms with van der Waals surface area (Å²) < 4.78 is 2.45. The third-order valence-corrected chi connectivity index (χ3v) is 7.55. The smallest absolute Gasteiger partial charge is 0.170 e. The highest BCUT2D eigenvalue weighted by Crippen LogP contribution is 2.44. The highest BCUT2D eigenvalue weighted by Gasteiger charge is 2.44. The van der Waals surface area contributed by atoms with Gasteiger partial charge in [-0.25, -0.2) is 0 Å². The van der Waals surface area contributed by atoms with Gasteiger partial charge in [0.25, 0.3) is 0 Å². The van der Waals surface area contributed by atoms with Gasteiger partial charge in [-0.3, -0.25) is 4.98 Å². The van der Waals surface area contributed by atoms with Crippen molar-refractivity contribution in [2.45, 2.75) is 70.6 Å². The van der Waals surface area contributed by atoms with Gasteiger partial charge in [0.2, 0.25) is 0 Å². The maximum Gasteiger partial charge on any atom is 0.170 e. The molecule has 3 heterocycles. The van der Waals surface area contributed by atoms with Gasteiger partial charge in [-0.1, -0.05) is 55.7 Å². The predicted molar refractivity (Wildman–Crippen MR) is 134 cm³/mol. The molecule has 1 saturated carbocycles. The molecular formula is C27H32N4S. The molecule has 32 heavy (non-hydrogen) atoms. The van der Waals surface area contributed by atoms with Crippen LogP contribution in [0.3, 0.4) is 0 Å². The van der Waals surface area contributed by atoms with E-state index in [0.717, 1.165) is 17.4 Å². The second-order valence-electron chi connectivity index (χ2n) is 9.22. The first-order valence-corrected chi connectivity index (χ1v) is 12.2. The molecule has 0 unspecified atom stereocenters. The molecule has 0 bridgehead atoms. The van der Waals surface area contributed by atoms with E-state index in [1.807, 2.05) is 12.3 Å². The van der Waals surface area contributed by atoms with Crippen molar-refractivity contribution in [1.82, 2.24) is 19.8 Å². The first-order chi connectivity index (χ1) is 15.6. The molecule has 1 N–H and O–H groups in total. The van der Waals surface area contributed by atoms with Gasteiger partial charge in [0.05, 0.1) is 17.8 Å². The van der Waals surface area contributed by atoms with Crippen LogP contribution in [0.4, 0.5) is 0 Å². The number of nitrogens with one attached hydrogen (secondary N) is 1. The number of nitrogens with zero attached hydrogens (tertiary/aromatic N) is 3. The van der Waals surface area contributed by atoms with Crippen LogP contribution in [0, 0.1) is 13.8 Å². The van der Waals surface area contributed by atoms with E-state index in [0.29, 0.717) is 6.04 Å². The Labute approximate surface area is 196 Å². The maximum absolute atomic E-state index is 5.94. The van der Waals surface area contributed by atoms with Crippen LogP contribution in [0.25, 0.3) is 0 Å². The zero-order chi connectivity index (χ0) is 22.1. The number of pyridine rings is 1. The van der Waals surface area contributed by atoms with Crippen molar-refractivity contribution < 1.29 is 0 Å². The van der Waals surface area contributed by atoms with E-state index in [4.69, 9.17) is 17.2 Å². The van der Waals surface area contributed by atoms with Gasteiger partial charge >= 0.3 is 0 Å². The van der Waals surface area contributed by atoms with E-state index in [1.54, 1.807) is 0 Å². The lowest BCUT2D eigenvalue weighted by Crippen LogP contribution is -2.40. The lowest BCUT2D eigenvalue weighted by atomic mass is 9.90. The number of thiocarbonyl (C=S) groups is 1. The largest absolute Gasteiger partial charge is 0.352 e. The van der Waals surface area contributed by atoms with Crippen molar-refractivity contribution in [3.8, 4) is 0 Å². The Morgan fingerprint density at radius 2 is 1.75 bits per heavy atom. The average Bonchev–Trinajstić information content (AvgIpc) is 3.32. The second-order valence-corrected chi connectivity index (χ2v) is 9.61. The fourth-order valence-electron chi connectivity index (χ4n) is 5.59. The second kappa shape index (κ2) is 9.07. The summed E-state index contributed by atoms with van der Waals surface area (Å²) in [7, 11) is 0. The molecule has 0 amide bonds. The maximum atomic E-state index is 5.94. The van der Waals surface area contributed by atoms with Gasteiger partial charge in [0.1, 0.15) is 0 Å². The zero-order valence-electron chi connectivity index (χ0n) is 19.0. The zero-order valence-corrected chi connectivity index (χ0v) is 19.8. The molecule has 1 saturated heterocycles. The first-order valence-electron chi connectivity index (χ1n) is 11.8. The van der Waals surface area contributed by atoms with Crippen molar-refractivity contribution in [1.29, 1.82) is 0 Å². The highest BCUT2D eigenvalue weighted by molar-refractivity contribution is 7.80. The molecular weight excluding hydrogens is 412 g/mol. The van der Waals surface area contributed by atoms with Crippen molar-refractivity contribution in [2.75, 3.05) is 0 Å². The number of hydrogen-bond acceptors (Lipinski definition) is 2. The third-order valence-electron chi connectivity index (χ3n) is 7.22. The van der Waals surface area contributed by atoms with Gasteiger partial charge < -0.3 is 14.8 Å². The monoisotopic (exact) mass is 444 g/mol. The quantitative estimate of drug-likeness (QED) is 0.500. The van der Waals surface area contributed by atoms with Crippen molar-refractivity contribution in [3.05, 3.63) is 89.0 Å². The van der Waals surface area contributed by atoms with E-state index in [-0.39, 0.29) is 12.1 Å². The molecule has 5 heteroatoms. The van der Waals surface area contributed by atoms with E-state index >= 15 is 0 Å². The minimum absolute atomic E-state index is 0.0660. The number of rotatable bonds is 5. The molecule has 2 aliphatic rings. The molecule has 4 nitrogen and oxygen atoms in total. The summed E-state index contributed by atoms with van der Waals surface area (Å²) in [6.07, 6.45) is 8.24. The molecule has 3 aromatic rings. The Morgan fingerprint density at radius 3 is 2.47 bits per heavy atom. The fourth-order valence-corrected chi connectivity index (χ4v) is 5.98. The van der Waals surface area contributed by atoms with Crippen LogP contribution in [0.2, 0.25) is 0 Å². The van der Waals surface area contributed by atoms with Gasteiger partial charge in [-0.05, 0) is 68.2 Å². The molecule has 166 valence electrons. The SMILES string of the molecule is Cc1cc([C@@H]2[C@H](c3ccccn3)NC(=S)N2C2CCCCC2)c(C)n1Cc1ccccc1. The van der Waals surface area contributed by atoms with Gasteiger partial charge in [0, 0.05) is 30.2 Å². The summed E-state index contributed by atoms with van der Waals surface area (Å²) in [4.78, 5) is 7.24. The normalized spacial score (nSPS) is 21.7. The Balaban J connectivity index is 1.56. The van der Waals surface area contributed by atoms with E-state index < -0.39 is 0 Å². The topological polar surface area (TPSA) is 33.1 Å². The molecule has 2 aromatic heterocycles. The Hall–Kier alpha value is -2.66. The molecule has 1 aliphatic carbocycles. The highest BCUT2D eigenvalue weighted by atomic mass is 32.1. The van der Waals surface area contributed by atoms with Crippen LogP contribution in [0.1, 0.15) is 72.4 Å². The van der Waals surface area contributed by atoms with Crippen LogP contribution >= 0.6 is 12.2 Å². The van der Waals surface area contributed by atoms with Crippen LogP contribution in [-0.2, 0) is 6.54 Å². The molecule has 5 rings (SSSR count). The van der Waals surface area contributed by atoms with Crippen molar-refractivity contribution >= 4 is 17.3 Å². The van der Waals surface area contributed by atoms with Crippen LogP contribution in [0.5, 0.6) is 0 Å². The number of aromatic nitrogens is 2. The van der Waals surface area contributed by atoms with Crippen molar-refractivity contribution in [2.24, 2.45) is 0 Å². The van der Waals surface area contributed by atoms with Crippen LogP contribution in [-0.4, -0.2) is 25.6 Å². The van der Waals surface area contributed by atoms with Crippen molar-refractivity contribution in [3.63, 3.8) is 0 Å². The number of hydrogen-bond donors (Lipinski definition) is 1. The average molecular weight is 445 g/mol. The van der Waals surface area contributed by atoms with Gasteiger partial charge in [-0.2, -0.15) is 0 Å². The van der Waals surface area contributed by atoms with Crippen LogP contribution in [0.15, 0.2) is 60.8 Å². The Kier molecular flexibility index (Phi) is 6.01. The standard InChI is InChI=1S/C27H32N4S/c1-19-17-23(20(2)30(19)18-21-11-5-3-6-12-21)26-25(24-15-9-10-16-28-24)29-27(32)31(26)22-13-7-4-8-14-22/h3,5-6,9-12,15-17,22,25-26H,4,7-8,13-14,18H2,1-2H3,(H,29,32)/t25-,26+/m0/s1. The third kappa shape index (κ3) is 3.95. The van der Waals surface area contributed by atoms with Gasteiger partial charge in [0.15, 0.2) is 5.11 Å². The summed E-state index contributed by atoms with van der Waals surface area (Å²) in [6, 6.07) is 20.0. The summed E-state index contributed by atoms with van der Waals surface area (Å²) in [5.41, 5.74) is 6.37. The van der Waals surface area contributed by atoms with E-state index in [9.17, 15) is 0 Å². The predicted octanol–water partition coefficient (Wildman–Crippen LogP) is 5.85. The van der Waals surface area contributed by atoms with Crippen LogP contribution < -0.4 is 5.32 Å². The molecule has 0 radical (unpaired) electrons. The lowest BCUT2D eigenvalue weighted by Gasteiger charge is -2.37. The minimum atomic E-state index is 0.0660. The minimum Gasteiger partial charge on any atom is -0.352 e. The van der Waals surface area contributed by atoms with E-state index in [2.05, 4.69) is 77.2 Å². The van der Waals surface area contributed by atoms with E-state index in [1.165, 1.54) is 54.6 Å². The van der Waals surface area contributed by atoms with Gasteiger partial charge in [-0.15, -0.1) is 0 Å². The summed E-state index contributed by atoms with van der Waals surface area (Å²) in [5.74, 6) is 0. The molecule has 0 spiro atoms. The number of benzene rings is 1. The lowest BCUT2D eigenvalue weighted by molar-refractivity contribution is 0.196. The summed E-state index contributed by atoms with van der Waals surface area (Å²) >= 11 is 5.94. The molecule has 2 fully saturated rings. The Morgan fingerprint density at radius 1 is 1.00 bits per heavy atom. The molecule has 2 atom stereocenters. The fraction of sp³-hybridized carbons (Fsp3) is 0.407. The summed E-state index contributed by atoms with van der Waals surface area (Å²) in [5, 5.41) is 4.54. The molecule has 1 aliphatic heterocycles. The Bertz CT molecular complexity index is 1070.